The first-order chi connectivity index (χ1) is 8.88. The molecule has 0 saturated heterocycles. The van der Waals surface area contributed by atoms with Gasteiger partial charge in [0.2, 0.25) is 0 Å². The minimum absolute atomic E-state index is 0.653. The van der Waals surface area contributed by atoms with Crippen LogP contribution in [0, 0.1) is 27.7 Å². The third kappa shape index (κ3) is 5.74. The Morgan fingerprint density at radius 2 is 0.947 bits per heavy atom. The molecule has 0 aliphatic rings. The molecule has 2 aromatic carbocycles. The lowest BCUT2D eigenvalue weighted by Crippen LogP contribution is -1.85. The van der Waals surface area contributed by atoms with Crippen molar-refractivity contribution in [3.8, 4) is 0 Å². The molecule has 0 atom stereocenters. The van der Waals surface area contributed by atoms with E-state index in [0.29, 0.717) is 5.92 Å². The van der Waals surface area contributed by atoms with E-state index in [1.54, 1.807) is 0 Å². The Labute approximate surface area is 118 Å². The molecule has 0 bridgehead atoms. The third-order valence-corrected chi connectivity index (χ3v) is 3.11. The molecule has 0 aromatic heterocycles. The first-order valence-corrected chi connectivity index (χ1v) is 7.00. The molecule has 0 aliphatic carbocycles. The van der Waals surface area contributed by atoms with Gasteiger partial charge >= 0.3 is 0 Å². The molecular formula is C19H26. The number of rotatable bonds is 1. The molecule has 0 N–H and O–H groups in total. The lowest BCUT2D eigenvalue weighted by atomic mass is 10.0. The van der Waals surface area contributed by atoms with Gasteiger partial charge in [-0.15, -0.1) is 0 Å². The summed E-state index contributed by atoms with van der Waals surface area (Å²) in [4.78, 5) is 0. The van der Waals surface area contributed by atoms with E-state index in [-0.39, 0.29) is 0 Å². The Hall–Kier alpha value is -1.56. The van der Waals surface area contributed by atoms with Gasteiger partial charge in [0.25, 0.3) is 0 Å². The van der Waals surface area contributed by atoms with Crippen molar-refractivity contribution in [3.05, 3.63) is 70.3 Å². The molecular weight excluding hydrogens is 228 g/mol. The normalized spacial score (nSPS) is 10.1. The van der Waals surface area contributed by atoms with Gasteiger partial charge in [-0.3, -0.25) is 0 Å². The summed E-state index contributed by atoms with van der Waals surface area (Å²) in [5, 5.41) is 0. The van der Waals surface area contributed by atoms with Crippen molar-refractivity contribution in [3.63, 3.8) is 0 Å². The zero-order chi connectivity index (χ0) is 14.4. The molecule has 2 aromatic rings. The van der Waals surface area contributed by atoms with Gasteiger partial charge in [-0.05, 0) is 39.2 Å². The molecule has 0 amide bonds. The van der Waals surface area contributed by atoms with Gasteiger partial charge in [-0.1, -0.05) is 78.6 Å². The maximum atomic E-state index is 2.21. The van der Waals surface area contributed by atoms with E-state index in [1.165, 1.54) is 27.8 Å². The molecule has 0 aliphatic heterocycles. The van der Waals surface area contributed by atoms with Crippen LogP contribution in [0.15, 0.2) is 42.5 Å². The molecule has 0 fully saturated rings. The van der Waals surface area contributed by atoms with Crippen molar-refractivity contribution < 1.29 is 0 Å². The standard InChI is InChI=1S/C10H14.C9H12/c1-8(2)10-6-4-9(3)5-7-10;1-7-4-8(2)6-9(3)5-7/h4-8H,1-3H3;4-6H,1-3H3. The molecule has 0 heterocycles. The van der Waals surface area contributed by atoms with Crippen LogP contribution >= 0.6 is 0 Å². The summed E-state index contributed by atoms with van der Waals surface area (Å²) in [6, 6.07) is 15.3. The highest BCUT2D eigenvalue weighted by molar-refractivity contribution is 5.27. The molecule has 0 radical (unpaired) electrons. The minimum Gasteiger partial charge on any atom is -0.0590 e. The maximum absolute atomic E-state index is 2.21. The summed E-state index contributed by atoms with van der Waals surface area (Å²) in [6.07, 6.45) is 0. The van der Waals surface area contributed by atoms with Crippen LogP contribution in [-0.2, 0) is 0 Å². The fourth-order valence-corrected chi connectivity index (χ4v) is 2.15. The van der Waals surface area contributed by atoms with Crippen molar-refractivity contribution in [2.75, 3.05) is 0 Å². The van der Waals surface area contributed by atoms with E-state index >= 15 is 0 Å². The second kappa shape index (κ2) is 7.13. The zero-order valence-electron chi connectivity index (χ0n) is 13.1. The fourth-order valence-electron chi connectivity index (χ4n) is 2.15. The van der Waals surface area contributed by atoms with Crippen LogP contribution in [0.2, 0.25) is 0 Å². The third-order valence-electron chi connectivity index (χ3n) is 3.11. The first kappa shape index (κ1) is 15.5. The van der Waals surface area contributed by atoms with Crippen LogP contribution in [0.5, 0.6) is 0 Å². The van der Waals surface area contributed by atoms with Crippen molar-refractivity contribution in [2.24, 2.45) is 0 Å². The number of benzene rings is 2. The van der Waals surface area contributed by atoms with Crippen molar-refractivity contribution in [1.82, 2.24) is 0 Å². The van der Waals surface area contributed by atoms with Gasteiger partial charge in [-0.2, -0.15) is 0 Å². The number of hydrogen-bond acceptors (Lipinski definition) is 0. The smallest absolute Gasteiger partial charge is 0.0219 e. The first-order valence-electron chi connectivity index (χ1n) is 7.00. The molecule has 19 heavy (non-hydrogen) atoms. The highest BCUT2D eigenvalue weighted by Gasteiger charge is 1.95. The summed E-state index contributed by atoms with van der Waals surface area (Å²) in [5.41, 5.74) is 6.82. The Kier molecular flexibility index (Phi) is 5.82. The lowest BCUT2D eigenvalue weighted by Gasteiger charge is -2.03. The van der Waals surface area contributed by atoms with Gasteiger partial charge in [0.15, 0.2) is 0 Å². The molecule has 0 spiro atoms. The summed E-state index contributed by atoms with van der Waals surface area (Å²) >= 11 is 0. The van der Waals surface area contributed by atoms with Gasteiger partial charge in [0.1, 0.15) is 0 Å². The lowest BCUT2D eigenvalue weighted by molar-refractivity contribution is 0.866. The monoisotopic (exact) mass is 254 g/mol. The van der Waals surface area contributed by atoms with E-state index in [2.05, 4.69) is 84.0 Å². The van der Waals surface area contributed by atoms with E-state index in [9.17, 15) is 0 Å². The van der Waals surface area contributed by atoms with Crippen molar-refractivity contribution in [2.45, 2.75) is 47.5 Å². The van der Waals surface area contributed by atoms with Gasteiger partial charge in [-0.25, -0.2) is 0 Å². The Morgan fingerprint density at radius 1 is 0.579 bits per heavy atom. The summed E-state index contributed by atoms with van der Waals surface area (Å²) in [7, 11) is 0. The Morgan fingerprint density at radius 3 is 1.26 bits per heavy atom. The van der Waals surface area contributed by atoms with Crippen LogP contribution < -0.4 is 0 Å². The molecule has 0 nitrogen and oxygen atoms in total. The number of aryl methyl sites for hydroxylation is 4. The van der Waals surface area contributed by atoms with Gasteiger partial charge in [0.05, 0.1) is 0 Å². The predicted molar refractivity (Wildman–Crippen MR) is 85.9 cm³/mol. The Balaban J connectivity index is 0.000000191. The summed E-state index contributed by atoms with van der Waals surface area (Å²) in [6.45, 7) is 12.9. The van der Waals surface area contributed by atoms with E-state index < -0.39 is 0 Å². The molecule has 0 unspecified atom stereocenters. The highest BCUT2D eigenvalue weighted by atomic mass is 14.0. The summed E-state index contributed by atoms with van der Waals surface area (Å²) in [5.74, 6) is 0.653. The van der Waals surface area contributed by atoms with E-state index in [0.717, 1.165) is 0 Å². The second-order valence-corrected chi connectivity index (χ2v) is 5.73. The van der Waals surface area contributed by atoms with Crippen LogP contribution in [0.1, 0.15) is 47.6 Å². The van der Waals surface area contributed by atoms with Crippen molar-refractivity contribution >= 4 is 0 Å². The molecule has 2 rings (SSSR count). The van der Waals surface area contributed by atoms with Crippen LogP contribution in [0.4, 0.5) is 0 Å². The summed E-state index contributed by atoms with van der Waals surface area (Å²) < 4.78 is 0. The quantitative estimate of drug-likeness (QED) is 0.609. The van der Waals surface area contributed by atoms with Gasteiger partial charge < -0.3 is 0 Å². The highest BCUT2D eigenvalue weighted by Crippen LogP contribution is 2.13. The van der Waals surface area contributed by atoms with Crippen molar-refractivity contribution in [1.29, 1.82) is 0 Å². The average molecular weight is 254 g/mol. The van der Waals surface area contributed by atoms with Crippen LogP contribution in [0.25, 0.3) is 0 Å². The maximum Gasteiger partial charge on any atom is -0.0219 e. The Bertz CT molecular complexity index is 454. The second-order valence-electron chi connectivity index (χ2n) is 5.73. The number of hydrogen-bond donors (Lipinski definition) is 0. The zero-order valence-corrected chi connectivity index (χ0v) is 13.1. The van der Waals surface area contributed by atoms with Crippen LogP contribution in [-0.4, -0.2) is 0 Å². The van der Waals surface area contributed by atoms with Crippen LogP contribution in [0.3, 0.4) is 0 Å². The largest absolute Gasteiger partial charge is 0.0590 e. The molecule has 0 heteroatoms. The SMILES string of the molecule is Cc1cc(C)cc(C)c1.Cc1ccc(C(C)C)cc1. The molecule has 102 valence electrons. The molecule has 0 saturated carbocycles. The van der Waals surface area contributed by atoms with E-state index in [1.807, 2.05) is 0 Å². The minimum atomic E-state index is 0.653. The predicted octanol–water partition coefficient (Wildman–Crippen LogP) is 5.73. The average Bonchev–Trinajstić information content (AvgIpc) is 2.28. The van der Waals surface area contributed by atoms with Gasteiger partial charge in [0, 0.05) is 0 Å². The fraction of sp³-hybridized carbons (Fsp3) is 0.368. The topological polar surface area (TPSA) is 0 Å². The van der Waals surface area contributed by atoms with E-state index in [4.69, 9.17) is 0 Å².